The van der Waals surface area contributed by atoms with E-state index in [1.165, 1.54) is 11.1 Å². The van der Waals surface area contributed by atoms with Crippen LogP contribution in [0.4, 0.5) is 11.4 Å². The number of methoxy groups -OCH3 is 2. The standard InChI is InChI=1S/C17H20N2O2/c1-20-16-8-12-6-7-19(11-13(12)9-17(16)21-2)15-5-3-4-14(18)10-15/h3-5,8-10H,6-7,11,18H2,1-2H3. The van der Waals surface area contributed by atoms with Gasteiger partial charge in [-0.15, -0.1) is 0 Å². The molecule has 0 amide bonds. The highest BCUT2D eigenvalue weighted by molar-refractivity contribution is 5.58. The number of hydrogen-bond acceptors (Lipinski definition) is 4. The molecule has 0 bridgehead atoms. The Bertz CT molecular complexity index is 655. The van der Waals surface area contributed by atoms with Gasteiger partial charge in [-0.2, -0.15) is 0 Å². The summed E-state index contributed by atoms with van der Waals surface area (Å²) < 4.78 is 10.8. The van der Waals surface area contributed by atoms with Crippen molar-refractivity contribution in [3.05, 3.63) is 47.5 Å². The van der Waals surface area contributed by atoms with Crippen molar-refractivity contribution in [2.75, 3.05) is 31.4 Å². The van der Waals surface area contributed by atoms with E-state index in [1.54, 1.807) is 14.2 Å². The summed E-state index contributed by atoms with van der Waals surface area (Å²) in [4.78, 5) is 2.34. The number of nitrogens with two attached hydrogens (primary N) is 1. The third-order valence-corrected chi connectivity index (χ3v) is 3.95. The second-order valence-electron chi connectivity index (χ2n) is 5.24. The summed E-state index contributed by atoms with van der Waals surface area (Å²) in [6, 6.07) is 12.2. The maximum atomic E-state index is 5.88. The maximum Gasteiger partial charge on any atom is 0.161 e. The molecule has 0 radical (unpaired) electrons. The molecule has 3 rings (SSSR count). The van der Waals surface area contributed by atoms with E-state index >= 15 is 0 Å². The van der Waals surface area contributed by atoms with Crippen LogP contribution in [0.1, 0.15) is 11.1 Å². The Balaban J connectivity index is 1.91. The second-order valence-corrected chi connectivity index (χ2v) is 5.24. The molecular weight excluding hydrogens is 264 g/mol. The third kappa shape index (κ3) is 2.61. The molecule has 0 aliphatic carbocycles. The summed E-state index contributed by atoms with van der Waals surface area (Å²) in [6.07, 6.45) is 0.991. The summed E-state index contributed by atoms with van der Waals surface area (Å²) in [7, 11) is 3.34. The minimum absolute atomic E-state index is 0.783. The number of hydrogen-bond donors (Lipinski definition) is 1. The van der Waals surface area contributed by atoms with Gasteiger partial charge in [-0.25, -0.2) is 0 Å². The predicted molar refractivity (Wildman–Crippen MR) is 85.2 cm³/mol. The fraction of sp³-hybridized carbons (Fsp3) is 0.294. The molecule has 0 atom stereocenters. The van der Waals surface area contributed by atoms with Gasteiger partial charge in [-0.3, -0.25) is 0 Å². The summed E-state index contributed by atoms with van der Waals surface area (Å²) >= 11 is 0. The number of nitrogens with zero attached hydrogens (tertiary/aromatic N) is 1. The second kappa shape index (κ2) is 5.56. The van der Waals surface area contributed by atoms with Crippen molar-refractivity contribution >= 4 is 11.4 Å². The highest BCUT2D eigenvalue weighted by Crippen LogP contribution is 2.34. The fourth-order valence-electron chi connectivity index (χ4n) is 2.83. The molecule has 0 unspecified atom stereocenters. The topological polar surface area (TPSA) is 47.7 Å². The lowest BCUT2D eigenvalue weighted by atomic mass is 9.98. The van der Waals surface area contributed by atoms with Crippen molar-refractivity contribution in [3.8, 4) is 11.5 Å². The maximum absolute atomic E-state index is 5.88. The molecule has 2 N–H and O–H groups in total. The van der Waals surface area contributed by atoms with Gasteiger partial charge in [0.15, 0.2) is 11.5 Å². The van der Waals surface area contributed by atoms with Gasteiger partial charge in [0.2, 0.25) is 0 Å². The van der Waals surface area contributed by atoms with Crippen LogP contribution in [0.2, 0.25) is 0 Å². The Hall–Kier alpha value is -2.36. The van der Waals surface area contributed by atoms with Crippen molar-refractivity contribution < 1.29 is 9.47 Å². The largest absolute Gasteiger partial charge is 0.493 e. The molecule has 110 valence electrons. The molecule has 1 aliphatic rings. The van der Waals surface area contributed by atoms with Crippen LogP contribution in [0.5, 0.6) is 11.5 Å². The molecule has 2 aromatic rings. The summed E-state index contributed by atoms with van der Waals surface area (Å²) in [5, 5.41) is 0. The van der Waals surface area contributed by atoms with Gasteiger partial charge in [-0.1, -0.05) is 6.07 Å². The molecule has 0 saturated heterocycles. The van der Waals surface area contributed by atoms with E-state index in [-0.39, 0.29) is 0 Å². The average Bonchev–Trinajstić information content (AvgIpc) is 2.53. The SMILES string of the molecule is COc1cc2c(cc1OC)CN(c1cccc(N)c1)CC2. The van der Waals surface area contributed by atoms with Gasteiger partial charge in [-0.05, 0) is 47.9 Å². The zero-order valence-corrected chi connectivity index (χ0v) is 12.4. The van der Waals surface area contributed by atoms with Crippen LogP contribution in [0.25, 0.3) is 0 Å². The summed E-state index contributed by atoms with van der Waals surface area (Å²) in [5.74, 6) is 1.58. The van der Waals surface area contributed by atoms with Crippen LogP contribution in [0.15, 0.2) is 36.4 Å². The van der Waals surface area contributed by atoms with Crippen LogP contribution in [0, 0.1) is 0 Å². The Kier molecular flexibility index (Phi) is 3.60. The van der Waals surface area contributed by atoms with E-state index in [0.717, 1.165) is 42.4 Å². The Morgan fingerprint density at radius 3 is 2.38 bits per heavy atom. The number of ether oxygens (including phenoxy) is 2. The molecule has 0 saturated carbocycles. The van der Waals surface area contributed by atoms with E-state index in [9.17, 15) is 0 Å². The zero-order valence-electron chi connectivity index (χ0n) is 12.4. The van der Waals surface area contributed by atoms with Crippen molar-refractivity contribution in [3.63, 3.8) is 0 Å². The van der Waals surface area contributed by atoms with Gasteiger partial charge in [0.25, 0.3) is 0 Å². The Morgan fingerprint density at radius 1 is 1.00 bits per heavy atom. The van der Waals surface area contributed by atoms with Crippen LogP contribution >= 0.6 is 0 Å². The minimum atomic E-state index is 0.783. The smallest absolute Gasteiger partial charge is 0.161 e. The van der Waals surface area contributed by atoms with Crippen LogP contribution in [0.3, 0.4) is 0 Å². The Morgan fingerprint density at radius 2 is 1.71 bits per heavy atom. The van der Waals surface area contributed by atoms with Gasteiger partial charge in [0.1, 0.15) is 0 Å². The quantitative estimate of drug-likeness (QED) is 0.880. The normalized spacial score (nSPS) is 13.7. The first kappa shape index (κ1) is 13.6. The van der Waals surface area contributed by atoms with E-state index in [4.69, 9.17) is 15.2 Å². The fourth-order valence-corrected chi connectivity index (χ4v) is 2.83. The van der Waals surface area contributed by atoms with Gasteiger partial charge >= 0.3 is 0 Å². The van der Waals surface area contributed by atoms with E-state index in [2.05, 4.69) is 23.1 Å². The molecule has 4 nitrogen and oxygen atoms in total. The van der Waals surface area contributed by atoms with Gasteiger partial charge in [0.05, 0.1) is 14.2 Å². The molecule has 1 aliphatic heterocycles. The van der Waals surface area contributed by atoms with Crippen LogP contribution in [-0.4, -0.2) is 20.8 Å². The van der Waals surface area contributed by atoms with Crippen LogP contribution in [-0.2, 0) is 13.0 Å². The monoisotopic (exact) mass is 284 g/mol. The lowest BCUT2D eigenvalue weighted by Crippen LogP contribution is -2.30. The first-order valence-corrected chi connectivity index (χ1v) is 7.05. The van der Waals surface area contributed by atoms with E-state index < -0.39 is 0 Å². The highest BCUT2D eigenvalue weighted by atomic mass is 16.5. The van der Waals surface area contributed by atoms with Gasteiger partial charge in [0, 0.05) is 24.5 Å². The van der Waals surface area contributed by atoms with Crippen molar-refractivity contribution in [1.29, 1.82) is 0 Å². The van der Waals surface area contributed by atoms with E-state index in [0.29, 0.717) is 0 Å². The number of benzene rings is 2. The predicted octanol–water partition coefficient (Wildman–Crippen LogP) is 2.85. The van der Waals surface area contributed by atoms with Crippen molar-refractivity contribution in [2.24, 2.45) is 0 Å². The number of anilines is 2. The number of nitrogen functional groups attached to an aromatic ring is 1. The molecule has 2 aromatic carbocycles. The Labute approximate surface area is 125 Å². The van der Waals surface area contributed by atoms with E-state index in [1.807, 2.05) is 18.2 Å². The lowest BCUT2D eigenvalue weighted by molar-refractivity contribution is 0.353. The molecule has 0 fully saturated rings. The van der Waals surface area contributed by atoms with Crippen LogP contribution < -0.4 is 20.1 Å². The van der Waals surface area contributed by atoms with Gasteiger partial charge < -0.3 is 20.1 Å². The highest BCUT2D eigenvalue weighted by Gasteiger charge is 2.19. The molecule has 21 heavy (non-hydrogen) atoms. The first-order valence-electron chi connectivity index (χ1n) is 7.05. The number of rotatable bonds is 3. The number of fused-ring (bicyclic) bond motifs is 1. The molecule has 0 spiro atoms. The molecule has 4 heteroatoms. The molecule has 0 aromatic heterocycles. The summed E-state index contributed by atoms with van der Waals surface area (Å²) in [6.45, 7) is 1.84. The summed E-state index contributed by atoms with van der Waals surface area (Å²) in [5.41, 5.74) is 10.4. The molecule has 1 heterocycles. The van der Waals surface area contributed by atoms with Crippen molar-refractivity contribution in [2.45, 2.75) is 13.0 Å². The molecular formula is C17H20N2O2. The van der Waals surface area contributed by atoms with Crippen molar-refractivity contribution in [1.82, 2.24) is 0 Å². The zero-order chi connectivity index (χ0) is 14.8. The third-order valence-electron chi connectivity index (χ3n) is 3.95. The average molecular weight is 284 g/mol. The first-order chi connectivity index (χ1) is 10.2. The lowest BCUT2D eigenvalue weighted by Gasteiger charge is -2.31. The minimum Gasteiger partial charge on any atom is -0.493 e.